The highest BCUT2D eigenvalue weighted by atomic mass is 16.5. The summed E-state index contributed by atoms with van der Waals surface area (Å²) in [6, 6.07) is 19.9. The lowest BCUT2D eigenvalue weighted by Crippen LogP contribution is -2.20. The third-order valence-corrected chi connectivity index (χ3v) is 6.33. The molecular formula is C28H28N6O2. The number of carbonyl (C=O) groups is 1. The second-order valence-electron chi connectivity index (χ2n) is 8.83. The van der Waals surface area contributed by atoms with E-state index in [-0.39, 0.29) is 12.5 Å². The van der Waals surface area contributed by atoms with Gasteiger partial charge in [-0.3, -0.25) is 9.48 Å². The van der Waals surface area contributed by atoms with E-state index in [1.165, 1.54) is 11.1 Å². The third-order valence-electron chi connectivity index (χ3n) is 6.33. The van der Waals surface area contributed by atoms with Crippen LogP contribution in [0.2, 0.25) is 0 Å². The van der Waals surface area contributed by atoms with Crippen molar-refractivity contribution in [1.82, 2.24) is 24.5 Å². The Bertz CT molecular complexity index is 1550. The molecule has 5 aromatic rings. The summed E-state index contributed by atoms with van der Waals surface area (Å²) < 4.78 is 8.82. The summed E-state index contributed by atoms with van der Waals surface area (Å²) in [6.45, 7) is 6.68. The average molecular weight is 481 g/mol. The smallest absolute Gasteiger partial charge is 0.247 e. The van der Waals surface area contributed by atoms with Gasteiger partial charge in [-0.25, -0.2) is 9.67 Å². The van der Waals surface area contributed by atoms with Crippen molar-refractivity contribution < 1.29 is 9.53 Å². The Labute approximate surface area is 209 Å². The minimum Gasteiger partial charge on any atom is -0.497 e. The lowest BCUT2D eigenvalue weighted by Gasteiger charge is -2.08. The highest BCUT2D eigenvalue weighted by Crippen LogP contribution is 2.31. The van der Waals surface area contributed by atoms with Crippen molar-refractivity contribution in [1.29, 1.82) is 0 Å². The van der Waals surface area contributed by atoms with Crippen LogP contribution < -0.4 is 10.1 Å². The third kappa shape index (κ3) is 4.57. The Hall–Kier alpha value is -4.46. The van der Waals surface area contributed by atoms with Gasteiger partial charge in [-0.2, -0.15) is 10.2 Å². The molecule has 0 aliphatic carbocycles. The number of anilines is 1. The SMILES string of the molecule is COc1ccc(-c2ccnc3c2c(C)nn3CC(=O)Nc2cc(C)n(Cc3ccccc3C)n2)cc1. The van der Waals surface area contributed by atoms with E-state index in [4.69, 9.17) is 4.74 Å². The Morgan fingerprint density at radius 2 is 1.75 bits per heavy atom. The molecule has 0 aliphatic heterocycles. The molecule has 0 unspecified atom stereocenters. The first-order chi connectivity index (χ1) is 17.4. The maximum Gasteiger partial charge on any atom is 0.247 e. The second kappa shape index (κ2) is 9.65. The van der Waals surface area contributed by atoms with Crippen molar-refractivity contribution >= 4 is 22.8 Å². The summed E-state index contributed by atoms with van der Waals surface area (Å²) in [5.74, 6) is 1.10. The van der Waals surface area contributed by atoms with Crippen LogP contribution >= 0.6 is 0 Å². The number of carbonyl (C=O) groups excluding carboxylic acids is 1. The zero-order valence-corrected chi connectivity index (χ0v) is 20.8. The molecule has 0 spiro atoms. The molecule has 0 atom stereocenters. The Morgan fingerprint density at radius 3 is 2.50 bits per heavy atom. The number of methoxy groups -OCH3 is 1. The number of nitrogens with zero attached hydrogens (tertiary/aromatic N) is 5. The van der Waals surface area contributed by atoms with Crippen LogP contribution in [0, 0.1) is 20.8 Å². The molecule has 0 saturated heterocycles. The molecule has 5 rings (SSSR count). The minimum atomic E-state index is -0.211. The predicted octanol–water partition coefficient (Wildman–Crippen LogP) is 4.92. The number of hydrogen-bond donors (Lipinski definition) is 1. The highest BCUT2D eigenvalue weighted by Gasteiger charge is 2.17. The van der Waals surface area contributed by atoms with Crippen LogP contribution in [0.5, 0.6) is 5.75 Å². The van der Waals surface area contributed by atoms with Crippen LogP contribution in [-0.4, -0.2) is 37.6 Å². The maximum atomic E-state index is 12.9. The number of nitrogens with one attached hydrogen (secondary N) is 1. The molecule has 0 radical (unpaired) electrons. The predicted molar refractivity (Wildman–Crippen MR) is 140 cm³/mol. The van der Waals surface area contributed by atoms with Crippen molar-refractivity contribution in [2.24, 2.45) is 0 Å². The van der Waals surface area contributed by atoms with Crippen LogP contribution in [0.25, 0.3) is 22.2 Å². The fourth-order valence-corrected chi connectivity index (χ4v) is 4.40. The maximum absolute atomic E-state index is 12.9. The molecule has 1 N–H and O–H groups in total. The van der Waals surface area contributed by atoms with E-state index in [0.29, 0.717) is 18.0 Å². The first kappa shape index (κ1) is 23.3. The molecule has 2 aromatic carbocycles. The zero-order valence-electron chi connectivity index (χ0n) is 20.8. The van der Waals surface area contributed by atoms with Crippen molar-refractivity contribution in [3.05, 3.63) is 89.4 Å². The van der Waals surface area contributed by atoms with Crippen LogP contribution in [0.4, 0.5) is 5.82 Å². The van der Waals surface area contributed by atoms with Gasteiger partial charge < -0.3 is 10.1 Å². The quantitative estimate of drug-likeness (QED) is 0.357. The molecular weight excluding hydrogens is 452 g/mol. The molecule has 3 aromatic heterocycles. The van der Waals surface area contributed by atoms with Crippen molar-refractivity contribution in [3.8, 4) is 16.9 Å². The highest BCUT2D eigenvalue weighted by molar-refractivity contribution is 5.96. The van der Waals surface area contributed by atoms with Gasteiger partial charge >= 0.3 is 0 Å². The van der Waals surface area contributed by atoms with Gasteiger partial charge in [0.1, 0.15) is 12.3 Å². The van der Waals surface area contributed by atoms with Crippen LogP contribution in [-0.2, 0) is 17.9 Å². The molecule has 0 aliphatic rings. The van der Waals surface area contributed by atoms with Crippen molar-refractivity contribution in [2.75, 3.05) is 12.4 Å². The van der Waals surface area contributed by atoms with Gasteiger partial charge in [-0.1, -0.05) is 36.4 Å². The summed E-state index contributed by atoms with van der Waals surface area (Å²) in [6.07, 6.45) is 1.74. The molecule has 3 heterocycles. The van der Waals surface area contributed by atoms with Gasteiger partial charge in [-0.05, 0) is 61.2 Å². The van der Waals surface area contributed by atoms with E-state index in [9.17, 15) is 4.79 Å². The lowest BCUT2D eigenvalue weighted by molar-refractivity contribution is -0.116. The van der Waals surface area contributed by atoms with Crippen LogP contribution in [0.1, 0.15) is 22.5 Å². The molecule has 0 bridgehead atoms. The number of aryl methyl sites for hydroxylation is 3. The van der Waals surface area contributed by atoms with Crippen LogP contribution in [0.3, 0.4) is 0 Å². The van der Waals surface area contributed by atoms with Gasteiger partial charge in [0, 0.05) is 23.3 Å². The number of rotatable bonds is 7. The van der Waals surface area contributed by atoms with Crippen LogP contribution in [0.15, 0.2) is 66.9 Å². The topological polar surface area (TPSA) is 86.9 Å². The normalized spacial score (nSPS) is 11.1. The van der Waals surface area contributed by atoms with E-state index in [0.717, 1.165) is 33.7 Å². The number of fused-ring (bicyclic) bond motifs is 1. The van der Waals surface area contributed by atoms with Gasteiger partial charge in [0.05, 0.1) is 19.3 Å². The molecule has 182 valence electrons. The van der Waals surface area contributed by atoms with Gasteiger partial charge in [0.2, 0.25) is 5.91 Å². The van der Waals surface area contributed by atoms with E-state index in [2.05, 4.69) is 39.6 Å². The summed E-state index contributed by atoms with van der Waals surface area (Å²) in [4.78, 5) is 17.5. The Kier molecular flexibility index (Phi) is 6.25. The molecule has 36 heavy (non-hydrogen) atoms. The van der Waals surface area contributed by atoms with E-state index < -0.39 is 0 Å². The average Bonchev–Trinajstić information content (AvgIpc) is 3.38. The van der Waals surface area contributed by atoms with Crippen molar-refractivity contribution in [2.45, 2.75) is 33.9 Å². The number of aromatic nitrogens is 5. The first-order valence-electron chi connectivity index (χ1n) is 11.8. The molecule has 8 nitrogen and oxygen atoms in total. The number of hydrogen-bond acceptors (Lipinski definition) is 5. The van der Waals surface area contributed by atoms with Gasteiger partial charge in [0.15, 0.2) is 11.5 Å². The van der Waals surface area contributed by atoms with Gasteiger partial charge in [-0.15, -0.1) is 0 Å². The Morgan fingerprint density at radius 1 is 0.972 bits per heavy atom. The molecule has 0 fully saturated rings. The number of benzene rings is 2. The fraction of sp³-hybridized carbons (Fsp3) is 0.214. The number of ether oxygens (including phenoxy) is 1. The molecule has 8 heteroatoms. The molecule has 1 amide bonds. The fourth-order valence-electron chi connectivity index (χ4n) is 4.40. The minimum absolute atomic E-state index is 0.0348. The molecule has 0 saturated carbocycles. The Balaban J connectivity index is 1.35. The zero-order chi connectivity index (χ0) is 25.2. The van der Waals surface area contributed by atoms with E-state index in [1.807, 2.05) is 67.1 Å². The standard InChI is InChI=1S/C28H28N6O2/c1-18-7-5-6-8-22(18)16-33-19(2)15-25(32-33)30-26(35)17-34-28-27(20(3)31-34)24(13-14-29-28)21-9-11-23(36-4)12-10-21/h5-15H,16-17H2,1-4H3,(H,30,32,35). The summed E-state index contributed by atoms with van der Waals surface area (Å²) in [5, 5.41) is 13.1. The van der Waals surface area contributed by atoms with E-state index >= 15 is 0 Å². The summed E-state index contributed by atoms with van der Waals surface area (Å²) in [7, 11) is 1.65. The van der Waals surface area contributed by atoms with Crippen molar-refractivity contribution in [3.63, 3.8) is 0 Å². The number of pyridine rings is 1. The summed E-state index contributed by atoms with van der Waals surface area (Å²) in [5.41, 5.74) is 6.90. The largest absolute Gasteiger partial charge is 0.497 e. The lowest BCUT2D eigenvalue weighted by atomic mass is 10.0. The van der Waals surface area contributed by atoms with Gasteiger partial charge in [0.25, 0.3) is 0 Å². The summed E-state index contributed by atoms with van der Waals surface area (Å²) >= 11 is 0. The first-order valence-corrected chi connectivity index (χ1v) is 11.8. The monoisotopic (exact) mass is 480 g/mol. The van der Waals surface area contributed by atoms with E-state index in [1.54, 1.807) is 18.0 Å². The number of amides is 1. The second-order valence-corrected chi connectivity index (χ2v) is 8.83.